The van der Waals surface area contributed by atoms with Crippen molar-refractivity contribution in [1.29, 1.82) is 0 Å². The van der Waals surface area contributed by atoms with Crippen LogP contribution in [0.4, 0.5) is 12.9 Å². The first kappa shape index (κ1) is 9.89. The fourth-order valence-corrected chi connectivity index (χ4v) is 1.02. The molecule has 0 spiro atoms. The molecule has 2 nitrogen and oxygen atoms in total. The third-order valence-electron chi connectivity index (χ3n) is 1.53. The van der Waals surface area contributed by atoms with E-state index in [2.05, 4.69) is 4.98 Å². The first-order valence-electron chi connectivity index (χ1n) is 3.71. The van der Waals surface area contributed by atoms with Gasteiger partial charge < -0.3 is 17.7 Å². The lowest BCUT2D eigenvalue weighted by molar-refractivity contribution is 0.406. The fourth-order valence-electron chi connectivity index (χ4n) is 1.02. The first-order chi connectivity index (χ1) is 6.03. The topological polar surface area (TPSA) is 22.1 Å². The predicted octanol–water partition coefficient (Wildman–Crippen LogP) is 2.02. The molecule has 0 fully saturated rings. The van der Waals surface area contributed by atoms with E-state index < -0.39 is 13.3 Å². The van der Waals surface area contributed by atoms with Crippen LogP contribution in [0, 0.1) is 0 Å². The largest absolute Gasteiger partial charge is 0.496 e. The van der Waals surface area contributed by atoms with E-state index in [0.29, 0.717) is 0 Å². The molecular formula is C7H8BF3NO-. The van der Waals surface area contributed by atoms with Crippen molar-refractivity contribution in [3.8, 4) is 5.75 Å². The van der Waals surface area contributed by atoms with Crippen molar-refractivity contribution >= 4 is 6.98 Å². The standard InChI is InChI=1S/C7H8BF3NO/c1-13-7-2-3-12-5-6(7)4-8(9,10)11/h2-3,5H,4H2,1H3/q-1. The van der Waals surface area contributed by atoms with Gasteiger partial charge in [0.25, 0.3) is 0 Å². The number of halogens is 3. The van der Waals surface area contributed by atoms with Gasteiger partial charge in [-0.1, -0.05) is 6.32 Å². The molecule has 13 heavy (non-hydrogen) atoms. The Morgan fingerprint density at radius 2 is 2.15 bits per heavy atom. The maximum atomic E-state index is 12.0. The molecule has 1 aromatic heterocycles. The van der Waals surface area contributed by atoms with E-state index in [1.807, 2.05) is 0 Å². The average molecular weight is 190 g/mol. The van der Waals surface area contributed by atoms with Crippen LogP contribution in [0.5, 0.6) is 5.75 Å². The van der Waals surface area contributed by atoms with Gasteiger partial charge in [0.05, 0.1) is 7.11 Å². The van der Waals surface area contributed by atoms with E-state index in [1.165, 1.54) is 25.6 Å². The van der Waals surface area contributed by atoms with Crippen LogP contribution in [0.3, 0.4) is 0 Å². The van der Waals surface area contributed by atoms with Crippen molar-refractivity contribution in [1.82, 2.24) is 4.98 Å². The number of ether oxygens (including phenoxy) is 1. The molecule has 1 rings (SSSR count). The second-order valence-electron chi connectivity index (χ2n) is 2.60. The fraction of sp³-hybridized carbons (Fsp3) is 0.286. The van der Waals surface area contributed by atoms with Gasteiger partial charge in [-0.25, -0.2) is 0 Å². The number of aromatic nitrogens is 1. The highest BCUT2D eigenvalue weighted by molar-refractivity contribution is 6.57. The number of pyridine rings is 1. The normalized spacial score (nSPS) is 11.4. The maximum Gasteiger partial charge on any atom is 0.482 e. The molecule has 0 atom stereocenters. The lowest BCUT2D eigenvalue weighted by atomic mass is 9.82. The molecule has 6 heteroatoms. The van der Waals surface area contributed by atoms with E-state index in [4.69, 9.17) is 4.74 Å². The number of rotatable bonds is 3. The molecule has 1 aromatic rings. The van der Waals surface area contributed by atoms with E-state index in [9.17, 15) is 12.9 Å². The minimum absolute atomic E-state index is 0.0810. The highest BCUT2D eigenvalue weighted by Gasteiger charge is 2.24. The Labute approximate surface area is 73.8 Å². The summed E-state index contributed by atoms with van der Waals surface area (Å²) in [6, 6.07) is 1.41. The Bertz CT molecular complexity index is 289. The molecule has 0 aliphatic rings. The van der Waals surface area contributed by atoms with Crippen molar-refractivity contribution in [2.24, 2.45) is 0 Å². The zero-order valence-electron chi connectivity index (χ0n) is 7.01. The van der Waals surface area contributed by atoms with Gasteiger partial charge in [-0.3, -0.25) is 4.98 Å². The van der Waals surface area contributed by atoms with E-state index in [0.717, 1.165) is 0 Å². The Hall–Kier alpha value is -1.20. The molecule has 0 radical (unpaired) electrons. The summed E-state index contributed by atoms with van der Waals surface area (Å²) in [6.45, 7) is -4.83. The number of methoxy groups -OCH3 is 1. The molecule has 0 amide bonds. The van der Waals surface area contributed by atoms with Crippen molar-refractivity contribution in [2.75, 3.05) is 7.11 Å². The van der Waals surface area contributed by atoms with Gasteiger partial charge in [0.15, 0.2) is 0 Å². The van der Waals surface area contributed by atoms with E-state index in [1.54, 1.807) is 0 Å². The Balaban J connectivity index is 2.87. The molecule has 1 heterocycles. The van der Waals surface area contributed by atoms with Crippen LogP contribution >= 0.6 is 0 Å². The summed E-state index contributed by atoms with van der Waals surface area (Å²) in [5.41, 5.74) is 0.0810. The molecule has 0 bridgehead atoms. The van der Waals surface area contributed by atoms with Gasteiger partial charge in [-0.05, 0) is 11.6 Å². The summed E-state index contributed by atoms with van der Waals surface area (Å²) < 4.78 is 40.9. The summed E-state index contributed by atoms with van der Waals surface area (Å²) in [7, 11) is 1.34. The van der Waals surface area contributed by atoms with Crippen molar-refractivity contribution in [3.63, 3.8) is 0 Å². The Morgan fingerprint density at radius 3 is 2.69 bits per heavy atom. The summed E-state index contributed by atoms with van der Waals surface area (Å²) in [6.07, 6.45) is 1.62. The third kappa shape index (κ3) is 2.97. The lowest BCUT2D eigenvalue weighted by Crippen LogP contribution is -2.19. The van der Waals surface area contributed by atoms with Crippen molar-refractivity contribution in [2.45, 2.75) is 6.32 Å². The first-order valence-corrected chi connectivity index (χ1v) is 3.71. The third-order valence-corrected chi connectivity index (χ3v) is 1.53. The molecule has 0 N–H and O–H groups in total. The monoisotopic (exact) mass is 190 g/mol. The molecule has 72 valence electrons. The number of hydrogen-bond donors (Lipinski definition) is 0. The highest BCUT2D eigenvalue weighted by atomic mass is 19.4. The average Bonchev–Trinajstić information content (AvgIpc) is 2.02. The molecular weight excluding hydrogens is 182 g/mol. The van der Waals surface area contributed by atoms with Gasteiger partial charge in [0.1, 0.15) is 5.75 Å². The summed E-state index contributed by atoms with van der Waals surface area (Å²) >= 11 is 0. The summed E-state index contributed by atoms with van der Waals surface area (Å²) in [4.78, 5) is 3.61. The zero-order chi connectivity index (χ0) is 9.90. The second-order valence-corrected chi connectivity index (χ2v) is 2.60. The minimum Gasteiger partial charge on any atom is -0.496 e. The second kappa shape index (κ2) is 3.68. The zero-order valence-corrected chi connectivity index (χ0v) is 7.01. The predicted molar refractivity (Wildman–Crippen MR) is 43.6 cm³/mol. The Morgan fingerprint density at radius 1 is 1.46 bits per heavy atom. The number of hydrogen-bond acceptors (Lipinski definition) is 2. The molecule has 0 saturated heterocycles. The molecule has 0 aliphatic heterocycles. The minimum atomic E-state index is -4.83. The van der Waals surface area contributed by atoms with Gasteiger partial charge in [-0.15, -0.1) is 0 Å². The highest BCUT2D eigenvalue weighted by Crippen LogP contribution is 2.22. The van der Waals surface area contributed by atoms with Gasteiger partial charge >= 0.3 is 6.98 Å². The van der Waals surface area contributed by atoms with Crippen molar-refractivity contribution < 1.29 is 17.7 Å². The van der Waals surface area contributed by atoms with Crippen LogP contribution in [0.15, 0.2) is 18.5 Å². The maximum absolute atomic E-state index is 12.0. The van der Waals surface area contributed by atoms with Crippen LogP contribution < -0.4 is 4.74 Å². The van der Waals surface area contributed by atoms with Crippen LogP contribution in [0.1, 0.15) is 5.56 Å². The van der Waals surface area contributed by atoms with Gasteiger partial charge in [0, 0.05) is 12.4 Å². The molecule has 0 aromatic carbocycles. The van der Waals surface area contributed by atoms with Gasteiger partial charge in [-0.2, -0.15) is 0 Å². The summed E-state index contributed by atoms with van der Waals surface area (Å²) in [5, 5.41) is 0. The SMILES string of the molecule is COc1ccncc1C[B-](F)(F)F. The molecule has 0 unspecified atom stereocenters. The molecule has 0 saturated carbocycles. The lowest BCUT2D eigenvalue weighted by Gasteiger charge is -2.15. The smallest absolute Gasteiger partial charge is 0.482 e. The molecule has 0 aliphatic carbocycles. The van der Waals surface area contributed by atoms with Gasteiger partial charge in [0.2, 0.25) is 0 Å². The summed E-state index contributed by atoms with van der Waals surface area (Å²) in [5.74, 6) is 0.231. The quantitative estimate of drug-likeness (QED) is 0.680. The van der Waals surface area contributed by atoms with Crippen molar-refractivity contribution in [3.05, 3.63) is 24.0 Å². The Kier molecular flexibility index (Phi) is 2.80. The van der Waals surface area contributed by atoms with Crippen LogP contribution in [0.25, 0.3) is 0 Å². The van der Waals surface area contributed by atoms with Crippen LogP contribution in [-0.2, 0) is 6.32 Å². The van der Waals surface area contributed by atoms with Crippen LogP contribution in [-0.4, -0.2) is 19.1 Å². The van der Waals surface area contributed by atoms with E-state index >= 15 is 0 Å². The van der Waals surface area contributed by atoms with Crippen LogP contribution in [0.2, 0.25) is 0 Å². The number of nitrogens with zero attached hydrogens (tertiary/aromatic N) is 1. The van der Waals surface area contributed by atoms with E-state index in [-0.39, 0.29) is 11.3 Å².